The number of halogens is 1. The second-order valence-electron chi connectivity index (χ2n) is 6.63. The Kier molecular flexibility index (Phi) is 7.46. The molecule has 0 atom stereocenters. The smallest absolute Gasteiger partial charge is 0.271 e. The summed E-state index contributed by atoms with van der Waals surface area (Å²) in [5.41, 5.74) is 1.83. The second kappa shape index (κ2) is 10.5. The van der Waals surface area contributed by atoms with Crippen LogP contribution in [0.4, 0.5) is 5.69 Å². The SMILES string of the molecule is COc1ccc(/C=C/C(=O)c2ccccc2OC)cc1COc1ccc([N+](=O)[O-])cc1Cl. The van der Waals surface area contributed by atoms with Crippen LogP contribution in [0.3, 0.4) is 0 Å². The van der Waals surface area contributed by atoms with Crippen LogP contribution in [0.2, 0.25) is 5.02 Å². The zero-order chi connectivity index (χ0) is 23.1. The molecule has 0 bridgehead atoms. The number of nitrogens with zero attached hydrogens (tertiary/aromatic N) is 1. The molecule has 0 N–H and O–H groups in total. The van der Waals surface area contributed by atoms with E-state index in [1.54, 1.807) is 43.5 Å². The number of methoxy groups -OCH3 is 2. The molecule has 3 aromatic carbocycles. The van der Waals surface area contributed by atoms with Crippen molar-refractivity contribution in [2.75, 3.05) is 14.2 Å². The third-order valence-corrected chi connectivity index (χ3v) is 4.91. The molecule has 0 aromatic heterocycles. The van der Waals surface area contributed by atoms with E-state index in [9.17, 15) is 14.9 Å². The average molecular weight is 454 g/mol. The number of benzene rings is 3. The summed E-state index contributed by atoms with van der Waals surface area (Å²) in [5, 5.41) is 11.0. The van der Waals surface area contributed by atoms with Gasteiger partial charge in [-0.15, -0.1) is 0 Å². The van der Waals surface area contributed by atoms with Crippen LogP contribution >= 0.6 is 11.6 Å². The fourth-order valence-corrected chi connectivity index (χ4v) is 3.23. The summed E-state index contributed by atoms with van der Waals surface area (Å²) in [5.74, 6) is 1.22. The molecule has 164 valence electrons. The molecule has 7 nitrogen and oxygen atoms in total. The van der Waals surface area contributed by atoms with Gasteiger partial charge in [0, 0.05) is 17.7 Å². The van der Waals surface area contributed by atoms with E-state index in [0.29, 0.717) is 28.4 Å². The maximum Gasteiger partial charge on any atom is 0.271 e. The van der Waals surface area contributed by atoms with Gasteiger partial charge in [0.1, 0.15) is 23.9 Å². The third-order valence-electron chi connectivity index (χ3n) is 4.61. The standard InChI is InChI=1S/C24H20ClNO6/c1-30-22-11-8-16(7-10-21(27)19-5-3-4-6-23(19)31-2)13-17(22)15-32-24-12-9-18(26(28)29)14-20(24)25/h3-14H,15H2,1-2H3/b10-7+. The largest absolute Gasteiger partial charge is 0.496 e. The molecule has 0 saturated heterocycles. The first-order valence-corrected chi connectivity index (χ1v) is 9.90. The molecule has 0 radical (unpaired) electrons. The molecule has 0 unspecified atom stereocenters. The summed E-state index contributed by atoms with van der Waals surface area (Å²) < 4.78 is 16.4. The highest BCUT2D eigenvalue weighted by Gasteiger charge is 2.12. The first-order valence-electron chi connectivity index (χ1n) is 9.52. The Hall–Kier alpha value is -3.84. The summed E-state index contributed by atoms with van der Waals surface area (Å²) in [6, 6.07) is 16.4. The van der Waals surface area contributed by atoms with Gasteiger partial charge < -0.3 is 14.2 Å². The van der Waals surface area contributed by atoms with Gasteiger partial charge in [-0.05, 0) is 42.0 Å². The van der Waals surface area contributed by atoms with E-state index in [1.165, 1.54) is 31.4 Å². The van der Waals surface area contributed by atoms with E-state index in [1.807, 2.05) is 12.1 Å². The number of carbonyl (C=O) groups is 1. The number of ether oxygens (including phenoxy) is 3. The maximum absolute atomic E-state index is 12.6. The van der Waals surface area contributed by atoms with Gasteiger partial charge in [-0.1, -0.05) is 35.9 Å². The Morgan fingerprint density at radius 1 is 1.00 bits per heavy atom. The number of para-hydroxylation sites is 1. The van der Waals surface area contributed by atoms with Crippen LogP contribution in [0.1, 0.15) is 21.5 Å². The number of nitro benzene ring substituents is 1. The van der Waals surface area contributed by atoms with Gasteiger partial charge in [0.25, 0.3) is 5.69 Å². The number of carbonyl (C=O) groups excluding carboxylic acids is 1. The van der Waals surface area contributed by atoms with E-state index in [0.717, 1.165) is 5.56 Å². The number of allylic oxidation sites excluding steroid dienone is 1. The second-order valence-corrected chi connectivity index (χ2v) is 7.04. The molecular formula is C24H20ClNO6. The number of hydrogen-bond acceptors (Lipinski definition) is 6. The Bertz CT molecular complexity index is 1170. The minimum Gasteiger partial charge on any atom is -0.496 e. The average Bonchev–Trinajstić information content (AvgIpc) is 2.81. The Morgan fingerprint density at radius 2 is 1.72 bits per heavy atom. The molecule has 0 aliphatic heterocycles. The van der Waals surface area contributed by atoms with Crippen molar-refractivity contribution < 1.29 is 23.9 Å². The zero-order valence-corrected chi connectivity index (χ0v) is 18.2. The molecule has 3 rings (SSSR count). The molecule has 0 saturated carbocycles. The fraction of sp³-hybridized carbons (Fsp3) is 0.125. The molecule has 32 heavy (non-hydrogen) atoms. The van der Waals surface area contributed by atoms with Crippen molar-refractivity contribution in [3.63, 3.8) is 0 Å². The highest BCUT2D eigenvalue weighted by Crippen LogP contribution is 2.30. The first-order chi connectivity index (χ1) is 15.4. The van der Waals surface area contributed by atoms with Crippen LogP contribution in [0, 0.1) is 10.1 Å². The first kappa shape index (κ1) is 22.8. The molecule has 0 spiro atoms. The zero-order valence-electron chi connectivity index (χ0n) is 17.4. The number of rotatable bonds is 9. The van der Waals surface area contributed by atoms with Gasteiger partial charge in [0.15, 0.2) is 5.78 Å². The van der Waals surface area contributed by atoms with Crippen LogP contribution in [0.25, 0.3) is 6.08 Å². The molecule has 0 heterocycles. The van der Waals surface area contributed by atoms with E-state index < -0.39 is 4.92 Å². The molecule has 0 aliphatic rings. The van der Waals surface area contributed by atoms with Crippen LogP contribution < -0.4 is 14.2 Å². The summed E-state index contributed by atoms with van der Waals surface area (Å²) >= 11 is 6.09. The fourth-order valence-electron chi connectivity index (χ4n) is 3.00. The molecule has 0 fully saturated rings. The molecule has 0 amide bonds. The van der Waals surface area contributed by atoms with Crippen molar-refractivity contribution in [1.29, 1.82) is 0 Å². The normalized spacial score (nSPS) is 10.7. The number of hydrogen-bond donors (Lipinski definition) is 0. The Morgan fingerprint density at radius 3 is 2.41 bits per heavy atom. The van der Waals surface area contributed by atoms with Crippen LogP contribution in [-0.4, -0.2) is 24.9 Å². The Labute approximate surface area is 190 Å². The van der Waals surface area contributed by atoms with Crippen molar-refractivity contribution in [2.24, 2.45) is 0 Å². The number of nitro groups is 1. The maximum atomic E-state index is 12.6. The quantitative estimate of drug-likeness (QED) is 0.178. The number of ketones is 1. The van der Waals surface area contributed by atoms with Crippen molar-refractivity contribution in [3.8, 4) is 17.2 Å². The predicted octanol–water partition coefficient (Wildman–Crippen LogP) is 5.74. The van der Waals surface area contributed by atoms with Gasteiger partial charge >= 0.3 is 0 Å². The summed E-state index contributed by atoms with van der Waals surface area (Å²) in [6.07, 6.45) is 3.16. The van der Waals surface area contributed by atoms with E-state index in [-0.39, 0.29) is 23.1 Å². The van der Waals surface area contributed by atoms with Gasteiger partial charge in [0.05, 0.1) is 29.7 Å². The van der Waals surface area contributed by atoms with Crippen molar-refractivity contribution in [3.05, 3.63) is 98.6 Å². The molecular weight excluding hydrogens is 434 g/mol. The lowest BCUT2D eigenvalue weighted by Gasteiger charge is -2.12. The van der Waals surface area contributed by atoms with Gasteiger partial charge in [-0.2, -0.15) is 0 Å². The minimum atomic E-state index is -0.527. The van der Waals surface area contributed by atoms with E-state index >= 15 is 0 Å². The van der Waals surface area contributed by atoms with Crippen molar-refractivity contribution in [2.45, 2.75) is 6.61 Å². The highest BCUT2D eigenvalue weighted by molar-refractivity contribution is 6.32. The lowest BCUT2D eigenvalue weighted by atomic mass is 10.1. The highest BCUT2D eigenvalue weighted by atomic mass is 35.5. The van der Waals surface area contributed by atoms with Crippen molar-refractivity contribution in [1.82, 2.24) is 0 Å². The van der Waals surface area contributed by atoms with E-state index in [2.05, 4.69) is 0 Å². The molecule has 0 aliphatic carbocycles. The molecule has 3 aromatic rings. The van der Waals surface area contributed by atoms with Crippen LogP contribution in [0.15, 0.2) is 66.7 Å². The minimum absolute atomic E-state index is 0.114. The summed E-state index contributed by atoms with van der Waals surface area (Å²) in [6.45, 7) is 0.114. The monoisotopic (exact) mass is 453 g/mol. The summed E-state index contributed by atoms with van der Waals surface area (Å²) in [4.78, 5) is 22.9. The van der Waals surface area contributed by atoms with Gasteiger partial charge in [-0.3, -0.25) is 14.9 Å². The lowest BCUT2D eigenvalue weighted by Crippen LogP contribution is -2.00. The summed E-state index contributed by atoms with van der Waals surface area (Å²) in [7, 11) is 3.06. The predicted molar refractivity (Wildman–Crippen MR) is 122 cm³/mol. The van der Waals surface area contributed by atoms with Crippen LogP contribution in [0.5, 0.6) is 17.2 Å². The number of non-ortho nitro benzene ring substituents is 1. The Balaban J connectivity index is 1.77. The van der Waals surface area contributed by atoms with Crippen molar-refractivity contribution >= 4 is 29.1 Å². The van der Waals surface area contributed by atoms with Gasteiger partial charge in [0.2, 0.25) is 0 Å². The lowest BCUT2D eigenvalue weighted by molar-refractivity contribution is -0.384. The third kappa shape index (κ3) is 5.44. The topological polar surface area (TPSA) is 87.9 Å². The van der Waals surface area contributed by atoms with E-state index in [4.69, 9.17) is 25.8 Å². The van der Waals surface area contributed by atoms with Gasteiger partial charge in [-0.25, -0.2) is 0 Å². The van der Waals surface area contributed by atoms with Crippen LogP contribution in [-0.2, 0) is 6.61 Å². The molecule has 8 heteroatoms.